The Bertz CT molecular complexity index is 894. The average Bonchev–Trinajstić information content (AvgIpc) is 2.90. The normalized spacial score (nSPS) is 14.3. The number of benzene rings is 2. The van der Waals surface area contributed by atoms with Crippen LogP contribution >= 0.6 is 0 Å². The Balaban J connectivity index is 1.83. The van der Waals surface area contributed by atoms with Gasteiger partial charge < -0.3 is 14.8 Å². The number of rotatable bonds is 5. The molecule has 148 valence electrons. The molecule has 0 aromatic heterocycles. The van der Waals surface area contributed by atoms with E-state index < -0.39 is 4.92 Å². The summed E-state index contributed by atoms with van der Waals surface area (Å²) in [5.74, 6) is 1.25. The minimum atomic E-state index is -0.453. The van der Waals surface area contributed by atoms with Gasteiger partial charge in [0.2, 0.25) is 0 Å². The molecular weight excluding hydrogens is 360 g/mol. The number of carbonyl (C=O) groups is 1. The number of ether oxygens (including phenoxy) is 2. The molecule has 2 aromatic carbocycles. The van der Waals surface area contributed by atoms with Gasteiger partial charge in [-0.05, 0) is 42.7 Å². The number of nitrogens with one attached hydrogen (secondary N) is 1. The molecule has 0 saturated carbocycles. The third-order valence-electron chi connectivity index (χ3n) is 4.74. The van der Waals surface area contributed by atoms with Crippen LogP contribution in [0.2, 0.25) is 0 Å². The molecule has 0 unspecified atom stereocenters. The zero-order chi connectivity index (χ0) is 20.3. The number of fused-ring (bicyclic) bond motifs is 1. The van der Waals surface area contributed by atoms with Crippen LogP contribution in [-0.4, -0.2) is 24.0 Å². The summed E-state index contributed by atoms with van der Waals surface area (Å²) in [5.41, 5.74) is 1.77. The molecule has 28 heavy (non-hydrogen) atoms. The zero-order valence-corrected chi connectivity index (χ0v) is 16.2. The summed E-state index contributed by atoms with van der Waals surface area (Å²) >= 11 is 0. The van der Waals surface area contributed by atoms with Gasteiger partial charge in [0.1, 0.15) is 0 Å². The van der Waals surface area contributed by atoms with Crippen LogP contribution in [0.25, 0.3) is 0 Å². The van der Waals surface area contributed by atoms with Crippen LogP contribution in [0, 0.1) is 23.0 Å². The zero-order valence-electron chi connectivity index (χ0n) is 16.2. The van der Waals surface area contributed by atoms with E-state index in [1.54, 1.807) is 13.0 Å². The average molecular weight is 384 g/mol. The van der Waals surface area contributed by atoms with Gasteiger partial charge in [-0.25, -0.2) is 0 Å². The van der Waals surface area contributed by atoms with Gasteiger partial charge in [0.25, 0.3) is 11.6 Å². The van der Waals surface area contributed by atoms with Crippen LogP contribution in [0.5, 0.6) is 11.5 Å². The molecule has 0 radical (unpaired) electrons. The molecule has 1 aliphatic heterocycles. The molecule has 3 rings (SSSR count). The third kappa shape index (κ3) is 4.24. The van der Waals surface area contributed by atoms with Crippen molar-refractivity contribution in [1.82, 2.24) is 5.32 Å². The minimum Gasteiger partial charge on any atom is -0.490 e. The van der Waals surface area contributed by atoms with Gasteiger partial charge in [0.05, 0.1) is 24.2 Å². The van der Waals surface area contributed by atoms with E-state index in [-0.39, 0.29) is 23.6 Å². The number of nitrogens with zero attached hydrogens (tertiary/aromatic N) is 1. The minimum absolute atomic E-state index is 0.000129. The van der Waals surface area contributed by atoms with E-state index in [9.17, 15) is 14.9 Å². The Morgan fingerprint density at radius 2 is 1.82 bits per heavy atom. The number of amides is 1. The number of nitro groups is 1. The summed E-state index contributed by atoms with van der Waals surface area (Å²) in [5, 5.41) is 14.0. The van der Waals surface area contributed by atoms with E-state index in [2.05, 4.69) is 5.32 Å². The molecule has 1 amide bonds. The Kier molecular flexibility index (Phi) is 5.82. The number of hydrogen-bond donors (Lipinski definition) is 1. The first-order chi connectivity index (χ1) is 13.4. The quantitative estimate of drug-likeness (QED) is 0.616. The maximum atomic E-state index is 12.8. The molecule has 0 saturated heterocycles. The number of carbonyl (C=O) groups excluding carboxylic acids is 1. The fraction of sp³-hybridized carbons (Fsp3) is 0.381. The fourth-order valence-electron chi connectivity index (χ4n) is 3.23. The smallest absolute Gasteiger partial charge is 0.272 e. The highest BCUT2D eigenvalue weighted by molar-refractivity contribution is 5.95. The van der Waals surface area contributed by atoms with Gasteiger partial charge in [-0.15, -0.1) is 0 Å². The van der Waals surface area contributed by atoms with Crippen molar-refractivity contribution in [3.8, 4) is 11.5 Å². The van der Waals surface area contributed by atoms with Crippen LogP contribution in [0.15, 0.2) is 36.4 Å². The SMILES string of the molecule is Cc1cc(C(=O)N[C@@H](c2ccc3c(c2)OCCCO3)C(C)C)ccc1[N+](=O)[O-]. The van der Waals surface area contributed by atoms with Crippen molar-refractivity contribution in [3.63, 3.8) is 0 Å². The van der Waals surface area contributed by atoms with Gasteiger partial charge in [-0.2, -0.15) is 0 Å². The molecule has 0 bridgehead atoms. The van der Waals surface area contributed by atoms with E-state index in [1.165, 1.54) is 12.1 Å². The van der Waals surface area contributed by atoms with Crippen molar-refractivity contribution < 1.29 is 19.2 Å². The Morgan fingerprint density at radius 3 is 2.46 bits per heavy atom. The van der Waals surface area contributed by atoms with Gasteiger partial charge in [-0.3, -0.25) is 14.9 Å². The lowest BCUT2D eigenvalue weighted by Crippen LogP contribution is -2.31. The van der Waals surface area contributed by atoms with Crippen molar-refractivity contribution in [2.45, 2.75) is 33.2 Å². The van der Waals surface area contributed by atoms with Crippen molar-refractivity contribution in [1.29, 1.82) is 0 Å². The van der Waals surface area contributed by atoms with Crippen molar-refractivity contribution in [3.05, 3.63) is 63.2 Å². The Labute approximate surface area is 163 Å². The van der Waals surface area contributed by atoms with Crippen molar-refractivity contribution in [2.24, 2.45) is 5.92 Å². The van der Waals surface area contributed by atoms with Gasteiger partial charge in [-0.1, -0.05) is 19.9 Å². The fourth-order valence-corrected chi connectivity index (χ4v) is 3.23. The molecule has 1 aliphatic rings. The highest BCUT2D eigenvalue weighted by Crippen LogP contribution is 2.34. The van der Waals surface area contributed by atoms with E-state index >= 15 is 0 Å². The second-order valence-electron chi connectivity index (χ2n) is 7.21. The van der Waals surface area contributed by atoms with E-state index in [0.717, 1.165) is 12.0 Å². The molecule has 1 N–H and O–H groups in total. The standard InChI is InChI=1S/C21H24N2O5/c1-13(2)20(15-6-8-18-19(12-15)28-10-4-9-27-18)22-21(24)16-5-7-17(23(25)26)14(3)11-16/h5-8,11-13,20H,4,9-10H2,1-3H3,(H,22,24)/t20-/m1/s1. The van der Waals surface area contributed by atoms with Crippen LogP contribution < -0.4 is 14.8 Å². The maximum absolute atomic E-state index is 12.8. The summed E-state index contributed by atoms with van der Waals surface area (Å²) in [6.07, 6.45) is 0.827. The van der Waals surface area contributed by atoms with Crippen molar-refractivity contribution >= 4 is 11.6 Å². The molecule has 7 heteroatoms. The van der Waals surface area contributed by atoms with E-state index in [0.29, 0.717) is 35.8 Å². The van der Waals surface area contributed by atoms with Gasteiger partial charge >= 0.3 is 0 Å². The lowest BCUT2D eigenvalue weighted by atomic mass is 9.95. The Morgan fingerprint density at radius 1 is 1.11 bits per heavy atom. The molecule has 0 spiro atoms. The van der Waals surface area contributed by atoms with Crippen LogP contribution in [0.4, 0.5) is 5.69 Å². The third-order valence-corrected chi connectivity index (χ3v) is 4.74. The number of hydrogen-bond acceptors (Lipinski definition) is 5. The molecule has 1 atom stereocenters. The first-order valence-electron chi connectivity index (χ1n) is 9.32. The summed E-state index contributed by atoms with van der Waals surface area (Å²) in [4.78, 5) is 23.3. The molecular formula is C21H24N2O5. The summed E-state index contributed by atoms with van der Waals surface area (Å²) in [6.45, 7) is 6.89. The largest absolute Gasteiger partial charge is 0.490 e. The monoisotopic (exact) mass is 384 g/mol. The first-order valence-corrected chi connectivity index (χ1v) is 9.32. The molecule has 2 aromatic rings. The van der Waals surface area contributed by atoms with Crippen LogP contribution in [-0.2, 0) is 0 Å². The number of nitro benzene ring substituents is 1. The van der Waals surface area contributed by atoms with Gasteiger partial charge in [0.15, 0.2) is 11.5 Å². The second-order valence-corrected chi connectivity index (χ2v) is 7.21. The first kappa shape index (κ1) is 19.7. The molecule has 7 nitrogen and oxygen atoms in total. The van der Waals surface area contributed by atoms with Gasteiger partial charge in [0, 0.05) is 23.6 Å². The highest BCUT2D eigenvalue weighted by Gasteiger charge is 2.22. The van der Waals surface area contributed by atoms with Crippen molar-refractivity contribution in [2.75, 3.05) is 13.2 Å². The molecule has 1 heterocycles. The lowest BCUT2D eigenvalue weighted by molar-refractivity contribution is -0.385. The summed E-state index contributed by atoms with van der Waals surface area (Å²) in [6, 6.07) is 9.85. The second kappa shape index (κ2) is 8.29. The summed E-state index contributed by atoms with van der Waals surface area (Å²) in [7, 11) is 0. The number of aryl methyl sites for hydroxylation is 1. The predicted molar refractivity (Wildman–Crippen MR) is 105 cm³/mol. The van der Waals surface area contributed by atoms with Crippen LogP contribution in [0.1, 0.15) is 47.8 Å². The molecule has 0 fully saturated rings. The molecule has 0 aliphatic carbocycles. The highest BCUT2D eigenvalue weighted by atomic mass is 16.6. The Hall–Kier alpha value is -3.09. The van der Waals surface area contributed by atoms with Crippen LogP contribution in [0.3, 0.4) is 0 Å². The predicted octanol–water partition coefficient (Wildman–Crippen LogP) is 4.19. The maximum Gasteiger partial charge on any atom is 0.272 e. The summed E-state index contributed by atoms with van der Waals surface area (Å²) < 4.78 is 11.4. The topological polar surface area (TPSA) is 90.7 Å². The van der Waals surface area contributed by atoms with E-state index in [1.807, 2.05) is 32.0 Å². The lowest BCUT2D eigenvalue weighted by Gasteiger charge is -2.24. The van der Waals surface area contributed by atoms with E-state index in [4.69, 9.17) is 9.47 Å².